The van der Waals surface area contributed by atoms with Gasteiger partial charge in [-0.05, 0) is 56.4 Å². The van der Waals surface area contributed by atoms with Gasteiger partial charge in [0.05, 0.1) is 0 Å². The van der Waals surface area contributed by atoms with E-state index in [0.717, 1.165) is 5.92 Å². The molecule has 1 heteroatoms. The number of allylic oxidation sites excluding steroid dienone is 2. The zero-order chi connectivity index (χ0) is 12.9. The van der Waals surface area contributed by atoms with E-state index >= 15 is 0 Å². The van der Waals surface area contributed by atoms with Crippen molar-refractivity contribution < 1.29 is 0 Å². The number of rotatable bonds is 3. The van der Waals surface area contributed by atoms with E-state index in [0.29, 0.717) is 0 Å². The van der Waals surface area contributed by atoms with Crippen molar-refractivity contribution in [1.82, 2.24) is 4.90 Å². The number of piperidine rings is 1. The van der Waals surface area contributed by atoms with Crippen molar-refractivity contribution in [2.75, 3.05) is 13.1 Å². The molecule has 1 nitrogen and oxygen atoms in total. The van der Waals surface area contributed by atoms with E-state index in [1.54, 1.807) is 5.70 Å². The zero-order valence-electron chi connectivity index (χ0n) is 11.9. The summed E-state index contributed by atoms with van der Waals surface area (Å²) < 4.78 is 0. The second-order valence-corrected chi connectivity index (χ2v) is 6.06. The molecule has 0 aromatic heterocycles. The van der Waals surface area contributed by atoms with Crippen molar-refractivity contribution in [2.24, 2.45) is 5.92 Å². The largest absolute Gasteiger partial charge is 0.375 e. The quantitative estimate of drug-likeness (QED) is 0.774. The second-order valence-electron chi connectivity index (χ2n) is 6.06. The lowest BCUT2D eigenvalue weighted by atomic mass is 9.89. The lowest BCUT2D eigenvalue weighted by molar-refractivity contribution is 0.216. The maximum absolute atomic E-state index is 2.65. The van der Waals surface area contributed by atoms with Crippen LogP contribution >= 0.6 is 0 Å². The molecule has 1 aromatic rings. The smallest absolute Gasteiger partial charge is 0.0177 e. The molecule has 102 valence electrons. The van der Waals surface area contributed by atoms with Crippen LogP contribution in [0.5, 0.6) is 0 Å². The third kappa shape index (κ3) is 3.40. The first-order chi connectivity index (χ1) is 9.42. The standard InChI is InChI=1S/C18H25N/c1-3-7-16(8-4-1)15-17-11-13-19(14-12-17)18-9-5-2-6-10-18/h1,3-4,7-9,17H,2,5-6,10-15H2. The Morgan fingerprint density at radius 3 is 2.47 bits per heavy atom. The first-order valence-corrected chi connectivity index (χ1v) is 7.90. The summed E-state index contributed by atoms with van der Waals surface area (Å²) in [5.41, 5.74) is 3.15. The molecule has 0 atom stereocenters. The van der Waals surface area contributed by atoms with Crippen molar-refractivity contribution in [3.8, 4) is 0 Å². The highest BCUT2D eigenvalue weighted by Gasteiger charge is 2.21. The van der Waals surface area contributed by atoms with Gasteiger partial charge in [-0.15, -0.1) is 0 Å². The lowest BCUT2D eigenvalue weighted by Crippen LogP contribution is -2.34. The molecule has 0 unspecified atom stereocenters. The summed E-state index contributed by atoms with van der Waals surface area (Å²) >= 11 is 0. The summed E-state index contributed by atoms with van der Waals surface area (Å²) in [6.07, 6.45) is 11.9. The van der Waals surface area contributed by atoms with Crippen LogP contribution < -0.4 is 0 Å². The van der Waals surface area contributed by atoms with E-state index in [9.17, 15) is 0 Å². The number of likely N-dealkylation sites (tertiary alicyclic amines) is 1. The molecule has 0 saturated carbocycles. The highest BCUT2D eigenvalue weighted by atomic mass is 15.1. The van der Waals surface area contributed by atoms with Gasteiger partial charge in [0.1, 0.15) is 0 Å². The summed E-state index contributed by atoms with van der Waals surface area (Å²) in [7, 11) is 0. The summed E-state index contributed by atoms with van der Waals surface area (Å²) in [6, 6.07) is 11.0. The monoisotopic (exact) mass is 255 g/mol. The van der Waals surface area contributed by atoms with Gasteiger partial charge >= 0.3 is 0 Å². The molecule has 3 rings (SSSR count). The fourth-order valence-corrected chi connectivity index (χ4v) is 3.48. The van der Waals surface area contributed by atoms with Gasteiger partial charge in [0.25, 0.3) is 0 Å². The third-order valence-electron chi connectivity index (χ3n) is 4.65. The second kappa shape index (κ2) is 6.27. The van der Waals surface area contributed by atoms with Crippen molar-refractivity contribution in [3.63, 3.8) is 0 Å². The van der Waals surface area contributed by atoms with Gasteiger partial charge in [0.15, 0.2) is 0 Å². The van der Waals surface area contributed by atoms with Gasteiger partial charge < -0.3 is 4.90 Å². The summed E-state index contributed by atoms with van der Waals surface area (Å²) in [5.74, 6) is 0.892. The molecule has 0 N–H and O–H groups in total. The molecule has 0 amide bonds. The van der Waals surface area contributed by atoms with Crippen LogP contribution in [0.2, 0.25) is 0 Å². The maximum Gasteiger partial charge on any atom is 0.0177 e. The molecule has 1 aliphatic heterocycles. The van der Waals surface area contributed by atoms with Crippen LogP contribution in [0.25, 0.3) is 0 Å². The average Bonchev–Trinajstić information content (AvgIpc) is 2.50. The Kier molecular flexibility index (Phi) is 4.22. The van der Waals surface area contributed by atoms with Crippen LogP contribution in [-0.2, 0) is 6.42 Å². The molecule has 0 bridgehead atoms. The number of hydrogen-bond donors (Lipinski definition) is 0. The summed E-state index contributed by atoms with van der Waals surface area (Å²) in [4.78, 5) is 2.65. The van der Waals surface area contributed by atoms with Gasteiger partial charge in [-0.1, -0.05) is 36.4 Å². The van der Waals surface area contributed by atoms with Crippen LogP contribution in [0.1, 0.15) is 44.1 Å². The zero-order valence-corrected chi connectivity index (χ0v) is 11.9. The van der Waals surface area contributed by atoms with Crippen LogP contribution in [0.4, 0.5) is 0 Å². The minimum absolute atomic E-state index is 0.892. The number of benzene rings is 1. The Bertz CT molecular complexity index is 413. The third-order valence-corrected chi connectivity index (χ3v) is 4.65. The van der Waals surface area contributed by atoms with E-state index in [4.69, 9.17) is 0 Å². The number of nitrogens with zero attached hydrogens (tertiary/aromatic N) is 1. The van der Waals surface area contributed by atoms with E-state index in [1.165, 1.54) is 63.6 Å². The number of hydrogen-bond acceptors (Lipinski definition) is 1. The Hall–Kier alpha value is -1.24. The van der Waals surface area contributed by atoms with E-state index < -0.39 is 0 Å². The summed E-state index contributed by atoms with van der Waals surface area (Å²) in [6.45, 7) is 2.56. The first-order valence-electron chi connectivity index (χ1n) is 7.90. The highest BCUT2D eigenvalue weighted by molar-refractivity contribution is 5.15. The molecule has 1 aromatic carbocycles. The van der Waals surface area contributed by atoms with Gasteiger partial charge in [0, 0.05) is 18.8 Å². The van der Waals surface area contributed by atoms with E-state index in [-0.39, 0.29) is 0 Å². The normalized spacial score (nSPS) is 21.3. The Morgan fingerprint density at radius 1 is 1.00 bits per heavy atom. The summed E-state index contributed by atoms with van der Waals surface area (Å²) in [5, 5.41) is 0. The van der Waals surface area contributed by atoms with Crippen molar-refractivity contribution in [3.05, 3.63) is 47.7 Å². The molecule has 1 fully saturated rings. The molecule has 0 spiro atoms. The van der Waals surface area contributed by atoms with Gasteiger partial charge in [-0.2, -0.15) is 0 Å². The first kappa shape index (κ1) is 12.8. The molecular weight excluding hydrogens is 230 g/mol. The van der Waals surface area contributed by atoms with E-state index in [1.807, 2.05) is 0 Å². The van der Waals surface area contributed by atoms with E-state index in [2.05, 4.69) is 41.3 Å². The van der Waals surface area contributed by atoms with Crippen LogP contribution in [0.3, 0.4) is 0 Å². The lowest BCUT2D eigenvalue weighted by Gasteiger charge is -2.36. The van der Waals surface area contributed by atoms with Crippen LogP contribution in [-0.4, -0.2) is 18.0 Å². The molecule has 0 radical (unpaired) electrons. The predicted molar refractivity (Wildman–Crippen MR) is 81.0 cm³/mol. The predicted octanol–water partition coefficient (Wildman–Crippen LogP) is 4.40. The van der Waals surface area contributed by atoms with Gasteiger partial charge in [-0.3, -0.25) is 0 Å². The van der Waals surface area contributed by atoms with Crippen molar-refractivity contribution in [2.45, 2.75) is 44.9 Å². The Morgan fingerprint density at radius 2 is 1.79 bits per heavy atom. The molecule has 2 aliphatic rings. The molecule has 1 heterocycles. The highest BCUT2D eigenvalue weighted by Crippen LogP contribution is 2.27. The minimum Gasteiger partial charge on any atom is -0.375 e. The maximum atomic E-state index is 2.65. The molecule has 1 saturated heterocycles. The Balaban J connectivity index is 1.51. The van der Waals surface area contributed by atoms with Crippen molar-refractivity contribution in [1.29, 1.82) is 0 Å². The van der Waals surface area contributed by atoms with Gasteiger partial charge in [-0.25, -0.2) is 0 Å². The van der Waals surface area contributed by atoms with Crippen LogP contribution in [0, 0.1) is 5.92 Å². The minimum atomic E-state index is 0.892. The molecule has 19 heavy (non-hydrogen) atoms. The fraction of sp³-hybridized carbons (Fsp3) is 0.556. The fourth-order valence-electron chi connectivity index (χ4n) is 3.48. The molecular formula is C18H25N. The topological polar surface area (TPSA) is 3.24 Å². The average molecular weight is 255 g/mol. The SMILES string of the molecule is C1=C(N2CCC(Cc3ccccc3)CC2)CCCC1. The molecule has 1 aliphatic carbocycles. The van der Waals surface area contributed by atoms with Crippen molar-refractivity contribution >= 4 is 0 Å². The van der Waals surface area contributed by atoms with Gasteiger partial charge in [0.2, 0.25) is 0 Å². The van der Waals surface area contributed by atoms with Crippen LogP contribution in [0.15, 0.2) is 42.1 Å². The Labute approximate surface area is 117 Å².